The van der Waals surface area contributed by atoms with Gasteiger partial charge in [-0.1, -0.05) is 13.8 Å². The number of nitrogens with one attached hydrogen (secondary N) is 1. The van der Waals surface area contributed by atoms with Crippen molar-refractivity contribution < 1.29 is 19.1 Å². The van der Waals surface area contributed by atoms with E-state index in [0.29, 0.717) is 12.1 Å². The topological polar surface area (TPSA) is 69.6 Å². The van der Waals surface area contributed by atoms with Gasteiger partial charge in [0.1, 0.15) is 11.9 Å². The number of hydrogen-bond acceptors (Lipinski definition) is 3. The van der Waals surface area contributed by atoms with Gasteiger partial charge in [0.25, 0.3) is 5.91 Å². The van der Waals surface area contributed by atoms with Gasteiger partial charge in [-0.05, 0) is 30.5 Å². The Balaban J connectivity index is 2.90. The Bertz CT molecular complexity index is 530. The van der Waals surface area contributed by atoms with Gasteiger partial charge in [0.2, 0.25) is 0 Å². The Morgan fingerprint density at radius 1 is 1.33 bits per heavy atom. The van der Waals surface area contributed by atoms with Crippen LogP contribution in [0.2, 0.25) is 0 Å². The number of aliphatic carboxylic acids is 1. The van der Waals surface area contributed by atoms with Gasteiger partial charge in [-0.3, -0.25) is 4.79 Å². The average Bonchev–Trinajstić information content (AvgIpc) is 2.36. The number of hydrogen-bond donors (Lipinski definition) is 2. The zero-order valence-electron chi connectivity index (χ0n) is 12.7. The minimum atomic E-state index is -1.12. The summed E-state index contributed by atoms with van der Waals surface area (Å²) in [6.07, 6.45) is 0.290. The quantitative estimate of drug-likeness (QED) is 0.843. The highest BCUT2D eigenvalue weighted by Gasteiger charge is 2.23. The van der Waals surface area contributed by atoms with E-state index in [2.05, 4.69) is 5.32 Å². The summed E-state index contributed by atoms with van der Waals surface area (Å²) in [4.78, 5) is 24.8. The highest BCUT2D eigenvalue weighted by Crippen LogP contribution is 2.17. The maximum absolute atomic E-state index is 13.9. The van der Waals surface area contributed by atoms with Crippen LogP contribution in [0.1, 0.15) is 30.6 Å². The third-order valence-electron chi connectivity index (χ3n) is 3.02. The smallest absolute Gasteiger partial charge is 0.326 e. The van der Waals surface area contributed by atoms with E-state index in [1.54, 1.807) is 25.1 Å². The van der Waals surface area contributed by atoms with Crippen molar-refractivity contribution in [1.29, 1.82) is 0 Å². The number of carboxylic acid groups (broad SMARTS) is 1. The molecule has 1 aromatic carbocycles. The lowest BCUT2D eigenvalue weighted by Gasteiger charge is -2.17. The standard InChI is InChI=1S/C15H21FN2O3/c1-9(2)7-13(15(20)21)17-14(19)11-6-5-10(18(3)4)8-12(11)16/h5-6,8-9,13H,7H2,1-4H3,(H,17,19)(H,20,21)/t13-/m0/s1. The number of carbonyl (C=O) groups excluding carboxylic acids is 1. The molecule has 0 unspecified atom stereocenters. The fourth-order valence-electron chi connectivity index (χ4n) is 1.90. The Labute approximate surface area is 123 Å². The molecule has 0 saturated carbocycles. The number of benzene rings is 1. The molecule has 0 bridgehead atoms. The van der Waals surface area contributed by atoms with E-state index >= 15 is 0 Å². The molecule has 1 atom stereocenters. The molecule has 1 aromatic rings. The van der Waals surface area contributed by atoms with Gasteiger partial charge >= 0.3 is 5.97 Å². The molecule has 1 amide bonds. The maximum Gasteiger partial charge on any atom is 0.326 e. The van der Waals surface area contributed by atoms with Gasteiger partial charge in [-0.15, -0.1) is 0 Å². The van der Waals surface area contributed by atoms with E-state index in [1.807, 2.05) is 13.8 Å². The summed E-state index contributed by atoms with van der Waals surface area (Å²) in [6.45, 7) is 3.71. The van der Waals surface area contributed by atoms with Crippen LogP contribution in [-0.4, -0.2) is 37.1 Å². The van der Waals surface area contributed by atoms with Crippen molar-refractivity contribution in [3.8, 4) is 0 Å². The number of halogens is 1. The van der Waals surface area contributed by atoms with Crippen LogP contribution in [-0.2, 0) is 4.79 Å². The number of anilines is 1. The number of nitrogens with zero attached hydrogens (tertiary/aromatic N) is 1. The molecule has 1 rings (SSSR count). The number of rotatable bonds is 6. The van der Waals surface area contributed by atoms with Crippen LogP contribution < -0.4 is 10.2 Å². The van der Waals surface area contributed by atoms with Crippen molar-refractivity contribution in [1.82, 2.24) is 5.32 Å². The van der Waals surface area contributed by atoms with E-state index < -0.39 is 23.7 Å². The molecule has 21 heavy (non-hydrogen) atoms. The van der Waals surface area contributed by atoms with Crippen LogP contribution in [0.5, 0.6) is 0 Å². The van der Waals surface area contributed by atoms with Gasteiger partial charge < -0.3 is 15.3 Å². The minimum absolute atomic E-state index is 0.104. The molecule has 116 valence electrons. The summed E-state index contributed by atoms with van der Waals surface area (Å²) in [5, 5.41) is 11.5. The second kappa shape index (κ2) is 7.06. The molecule has 0 heterocycles. The zero-order valence-corrected chi connectivity index (χ0v) is 12.7. The molecule has 6 heteroatoms. The lowest BCUT2D eigenvalue weighted by atomic mass is 10.0. The summed E-state index contributed by atoms with van der Waals surface area (Å²) in [7, 11) is 3.52. The van der Waals surface area contributed by atoms with E-state index in [0.717, 1.165) is 0 Å². The van der Waals surface area contributed by atoms with E-state index in [-0.39, 0.29) is 11.5 Å². The van der Waals surface area contributed by atoms with Crippen LogP contribution in [0.25, 0.3) is 0 Å². The van der Waals surface area contributed by atoms with E-state index in [9.17, 15) is 14.0 Å². The number of amides is 1. The zero-order chi connectivity index (χ0) is 16.2. The Hall–Kier alpha value is -2.11. The van der Waals surface area contributed by atoms with Gasteiger partial charge in [0.05, 0.1) is 5.56 Å². The summed E-state index contributed by atoms with van der Waals surface area (Å²) < 4.78 is 13.9. The van der Waals surface area contributed by atoms with Crippen LogP contribution >= 0.6 is 0 Å². The van der Waals surface area contributed by atoms with Crippen LogP contribution in [0.15, 0.2) is 18.2 Å². The van der Waals surface area contributed by atoms with E-state index in [4.69, 9.17) is 5.11 Å². The van der Waals surface area contributed by atoms with Crippen molar-refractivity contribution in [3.63, 3.8) is 0 Å². The molecule has 0 aliphatic carbocycles. The molecular formula is C15H21FN2O3. The summed E-state index contributed by atoms with van der Waals surface area (Å²) in [5.41, 5.74) is 0.469. The second-order valence-corrected chi connectivity index (χ2v) is 5.55. The molecular weight excluding hydrogens is 275 g/mol. The molecule has 2 N–H and O–H groups in total. The molecule has 0 aliphatic rings. The first-order chi connectivity index (χ1) is 9.72. The lowest BCUT2D eigenvalue weighted by molar-refractivity contribution is -0.139. The predicted molar refractivity (Wildman–Crippen MR) is 79.1 cm³/mol. The minimum Gasteiger partial charge on any atom is -0.480 e. The number of carboxylic acids is 1. The molecule has 0 aromatic heterocycles. The fraction of sp³-hybridized carbons (Fsp3) is 0.467. The molecule has 0 fully saturated rings. The molecule has 5 nitrogen and oxygen atoms in total. The summed E-state index contributed by atoms with van der Waals surface area (Å²) >= 11 is 0. The monoisotopic (exact) mass is 296 g/mol. The summed E-state index contributed by atoms with van der Waals surface area (Å²) in [5.74, 6) is -2.41. The van der Waals surface area contributed by atoms with Gasteiger partial charge in [0.15, 0.2) is 0 Å². The van der Waals surface area contributed by atoms with Crippen molar-refractivity contribution in [2.45, 2.75) is 26.3 Å². The van der Waals surface area contributed by atoms with E-state index in [1.165, 1.54) is 12.1 Å². The highest BCUT2D eigenvalue weighted by molar-refractivity contribution is 5.97. The average molecular weight is 296 g/mol. The third-order valence-corrected chi connectivity index (χ3v) is 3.02. The first-order valence-electron chi connectivity index (χ1n) is 6.73. The van der Waals surface area contributed by atoms with Gasteiger partial charge in [-0.2, -0.15) is 0 Å². The Morgan fingerprint density at radius 3 is 2.38 bits per heavy atom. The SMILES string of the molecule is CC(C)C[C@H](NC(=O)c1ccc(N(C)C)cc1F)C(=O)O. The molecule has 0 aliphatic heterocycles. The van der Waals surface area contributed by atoms with Crippen molar-refractivity contribution in [3.05, 3.63) is 29.6 Å². The first kappa shape index (κ1) is 16.9. The van der Waals surface area contributed by atoms with Crippen molar-refractivity contribution >= 4 is 17.6 Å². The second-order valence-electron chi connectivity index (χ2n) is 5.55. The van der Waals surface area contributed by atoms with Crippen LogP contribution in [0.4, 0.5) is 10.1 Å². The van der Waals surface area contributed by atoms with Crippen molar-refractivity contribution in [2.24, 2.45) is 5.92 Å². The number of carbonyl (C=O) groups is 2. The Kier molecular flexibility index (Phi) is 5.69. The summed E-state index contributed by atoms with van der Waals surface area (Å²) in [6, 6.07) is 3.18. The van der Waals surface area contributed by atoms with Gasteiger partial charge in [0, 0.05) is 19.8 Å². The first-order valence-corrected chi connectivity index (χ1v) is 6.73. The molecule has 0 spiro atoms. The van der Waals surface area contributed by atoms with Crippen LogP contribution in [0.3, 0.4) is 0 Å². The lowest BCUT2D eigenvalue weighted by Crippen LogP contribution is -2.41. The van der Waals surface area contributed by atoms with Crippen molar-refractivity contribution in [2.75, 3.05) is 19.0 Å². The largest absolute Gasteiger partial charge is 0.480 e. The Morgan fingerprint density at radius 2 is 1.95 bits per heavy atom. The van der Waals surface area contributed by atoms with Gasteiger partial charge in [-0.25, -0.2) is 9.18 Å². The highest BCUT2D eigenvalue weighted by atomic mass is 19.1. The predicted octanol–water partition coefficient (Wildman–Crippen LogP) is 2.12. The third kappa shape index (κ3) is 4.73. The normalized spacial score (nSPS) is 12.1. The molecule has 0 saturated heterocycles. The molecule has 0 radical (unpaired) electrons. The fourth-order valence-corrected chi connectivity index (χ4v) is 1.90. The maximum atomic E-state index is 13.9. The van der Waals surface area contributed by atoms with Crippen LogP contribution in [0, 0.1) is 11.7 Å².